The number of ether oxygens (including phenoxy) is 5. The van der Waals surface area contributed by atoms with Crippen LogP contribution in [-0.2, 0) is 28.5 Å². The van der Waals surface area contributed by atoms with E-state index in [2.05, 4.69) is 0 Å². The number of aliphatic hydroxyl groups is 5. The first-order chi connectivity index (χ1) is 23.9. The summed E-state index contributed by atoms with van der Waals surface area (Å²) in [6, 6.07) is -0.708. The molecule has 3 heterocycles. The van der Waals surface area contributed by atoms with E-state index in [1.165, 1.54) is 7.11 Å². The van der Waals surface area contributed by atoms with E-state index >= 15 is 0 Å². The largest absolute Gasteiger partial charge is 0.412 e. The summed E-state index contributed by atoms with van der Waals surface area (Å²) in [5.41, 5.74) is -4.08. The molecule has 0 aliphatic carbocycles. The number of nitrogens with zero attached hydrogens (tertiary/aromatic N) is 2. The molecule has 8 unspecified atom stereocenters. The van der Waals surface area contributed by atoms with E-state index in [0.717, 1.165) is 0 Å². The van der Waals surface area contributed by atoms with Crippen LogP contribution in [0, 0.1) is 23.7 Å². The minimum atomic E-state index is -1.58. The maximum atomic E-state index is 14.4. The maximum absolute atomic E-state index is 14.4. The molecule has 0 aromatic heterocycles. The van der Waals surface area contributed by atoms with Gasteiger partial charge in [0.05, 0.1) is 47.3 Å². The van der Waals surface area contributed by atoms with Gasteiger partial charge in [-0.15, -0.1) is 0 Å². The third kappa shape index (κ3) is 11.4. The molecule has 3 aliphatic rings. The van der Waals surface area contributed by atoms with Gasteiger partial charge in [0.1, 0.15) is 18.0 Å². The lowest BCUT2D eigenvalue weighted by Crippen LogP contribution is -2.60. The lowest BCUT2D eigenvalue weighted by Gasteiger charge is -2.49. The van der Waals surface area contributed by atoms with Gasteiger partial charge in [0, 0.05) is 50.4 Å². The van der Waals surface area contributed by atoms with E-state index in [9.17, 15) is 30.3 Å². The third-order valence-corrected chi connectivity index (χ3v) is 12.8. The molecular formula is C39H78N2O13. The summed E-state index contributed by atoms with van der Waals surface area (Å²) >= 11 is 0. The minimum absolute atomic E-state index is 0. The number of carbonyl (C=O) groups is 1. The summed E-state index contributed by atoms with van der Waals surface area (Å²) < 4.78 is 31.7. The summed E-state index contributed by atoms with van der Waals surface area (Å²) in [7, 11) is 7.21. The zero-order valence-corrected chi connectivity index (χ0v) is 35.5. The molecule has 3 fully saturated rings. The molecule has 9 N–H and O–H groups in total. The predicted octanol–water partition coefficient (Wildman–Crippen LogP) is 0.915. The molecule has 0 aromatic rings. The van der Waals surface area contributed by atoms with Crippen molar-refractivity contribution < 1.29 is 65.0 Å². The number of hydrogen-bond acceptors (Lipinski definition) is 13. The molecule has 0 saturated carbocycles. The molecule has 322 valence electrons. The normalized spacial score (nSPS) is 47.9. The van der Waals surface area contributed by atoms with Gasteiger partial charge in [-0.2, -0.15) is 0 Å². The lowest BCUT2D eigenvalue weighted by atomic mass is 9.74. The van der Waals surface area contributed by atoms with Crippen LogP contribution in [0.1, 0.15) is 101 Å². The van der Waals surface area contributed by atoms with Crippen molar-refractivity contribution in [3.63, 3.8) is 0 Å². The highest BCUT2D eigenvalue weighted by atomic mass is 16.7. The monoisotopic (exact) mass is 783 g/mol. The highest BCUT2D eigenvalue weighted by Gasteiger charge is 2.52. The highest BCUT2D eigenvalue weighted by molar-refractivity contribution is 5.81. The Bertz CT molecular complexity index is 1150. The third-order valence-electron chi connectivity index (χ3n) is 12.8. The number of aliphatic hydroxyl groups excluding tert-OH is 3. The molecule has 3 rings (SSSR count). The van der Waals surface area contributed by atoms with Crippen LogP contribution in [0.3, 0.4) is 0 Å². The van der Waals surface area contributed by atoms with Crippen LogP contribution >= 0.6 is 0 Å². The van der Waals surface area contributed by atoms with Crippen LogP contribution < -0.4 is 0 Å². The van der Waals surface area contributed by atoms with Crippen molar-refractivity contribution in [1.29, 1.82) is 0 Å². The molecule has 18 atom stereocenters. The van der Waals surface area contributed by atoms with Gasteiger partial charge in [-0.3, -0.25) is 4.79 Å². The quantitative estimate of drug-likeness (QED) is 0.242. The zero-order chi connectivity index (χ0) is 39.7. The van der Waals surface area contributed by atoms with Crippen molar-refractivity contribution in [2.45, 2.75) is 186 Å². The fourth-order valence-electron chi connectivity index (χ4n) is 9.17. The lowest BCUT2D eigenvalue weighted by molar-refractivity contribution is -0.317. The Morgan fingerprint density at radius 1 is 0.926 bits per heavy atom. The molecule has 3 saturated heterocycles. The molecule has 0 aromatic carbocycles. The van der Waals surface area contributed by atoms with Crippen LogP contribution in [0.15, 0.2) is 0 Å². The zero-order valence-electron chi connectivity index (χ0n) is 35.5. The van der Waals surface area contributed by atoms with Crippen LogP contribution in [0.4, 0.5) is 0 Å². The molecule has 54 heavy (non-hydrogen) atoms. The minimum Gasteiger partial charge on any atom is -0.412 e. The van der Waals surface area contributed by atoms with Crippen molar-refractivity contribution in [3.8, 4) is 0 Å². The number of likely N-dealkylation sites (N-methyl/N-ethyl adjacent to an activating group) is 2. The van der Waals surface area contributed by atoms with E-state index in [1.54, 1.807) is 34.6 Å². The summed E-state index contributed by atoms with van der Waals surface area (Å²) in [6.07, 6.45) is -6.35. The van der Waals surface area contributed by atoms with Gasteiger partial charge < -0.3 is 70.0 Å². The highest BCUT2D eigenvalue weighted by Crippen LogP contribution is 2.41. The number of Topliss-reactive ketones (excluding diaryl/α,β-unsaturated/α-hetero) is 1. The van der Waals surface area contributed by atoms with Crippen molar-refractivity contribution in [2.75, 3.05) is 34.8 Å². The maximum Gasteiger partial charge on any atom is 0.185 e. The van der Waals surface area contributed by atoms with Gasteiger partial charge in [0.25, 0.3) is 0 Å². The molecule has 0 radical (unpaired) electrons. The second-order valence-electron chi connectivity index (χ2n) is 17.6. The van der Waals surface area contributed by atoms with Crippen molar-refractivity contribution in [3.05, 3.63) is 0 Å². The number of ketones is 1. The topological polar surface area (TPSA) is 234 Å². The summed E-state index contributed by atoms with van der Waals surface area (Å²) in [5.74, 6) is -2.31. The molecule has 15 nitrogen and oxygen atoms in total. The van der Waals surface area contributed by atoms with Gasteiger partial charge in [-0.1, -0.05) is 34.1 Å². The molecule has 0 spiro atoms. The first-order valence-electron chi connectivity index (χ1n) is 19.5. The first-order valence-corrected chi connectivity index (χ1v) is 19.5. The average Bonchev–Trinajstić information content (AvgIpc) is 3.05. The molecule has 3 aliphatic heterocycles. The molecule has 0 amide bonds. The van der Waals surface area contributed by atoms with E-state index in [0.29, 0.717) is 19.4 Å². The second kappa shape index (κ2) is 20.2. The van der Waals surface area contributed by atoms with E-state index < -0.39 is 89.8 Å². The van der Waals surface area contributed by atoms with E-state index in [-0.39, 0.29) is 54.1 Å². The van der Waals surface area contributed by atoms with E-state index in [1.807, 2.05) is 65.6 Å². The Kier molecular flexibility index (Phi) is 19.1. The average molecular weight is 783 g/mol. The van der Waals surface area contributed by atoms with Gasteiger partial charge >= 0.3 is 0 Å². The second-order valence-corrected chi connectivity index (χ2v) is 17.6. The first kappa shape index (κ1) is 51.1. The van der Waals surface area contributed by atoms with E-state index in [4.69, 9.17) is 23.7 Å². The predicted molar refractivity (Wildman–Crippen MR) is 205 cm³/mol. The summed E-state index contributed by atoms with van der Waals surface area (Å²) in [4.78, 5) is 18.3. The molecular weight excluding hydrogens is 704 g/mol. The van der Waals surface area contributed by atoms with Crippen molar-refractivity contribution >= 4 is 5.78 Å². The Labute approximate surface area is 324 Å². The van der Waals surface area contributed by atoms with Crippen LogP contribution in [0.5, 0.6) is 0 Å². The van der Waals surface area contributed by atoms with Crippen molar-refractivity contribution in [1.82, 2.24) is 9.80 Å². The number of methoxy groups -OCH3 is 1. The SMILES string of the molecule is CC[C@H]1CC(=O)[C@H](C)[C@@H](OC2CC(C)(OC)C(O)C(C)O2)[C@@H](C)[C@@H](OC2OC(C)CC(N(C)C)C2O)[C@](C)(O)C[C@@H](C)CN(C)[C@H](C)[C@@H](O)[C@]1(C)O.O.O. The Morgan fingerprint density at radius 2 is 1.52 bits per heavy atom. The van der Waals surface area contributed by atoms with Gasteiger partial charge in [-0.05, 0) is 87.4 Å². The van der Waals surface area contributed by atoms with Gasteiger partial charge in [-0.25, -0.2) is 0 Å². The smallest absolute Gasteiger partial charge is 0.185 e. The van der Waals surface area contributed by atoms with Crippen molar-refractivity contribution in [2.24, 2.45) is 23.7 Å². The van der Waals surface area contributed by atoms with Gasteiger partial charge in [0.15, 0.2) is 12.6 Å². The molecule has 15 heteroatoms. The number of hydrogen-bond donors (Lipinski definition) is 5. The Hall–Kier alpha value is -0.890. The fraction of sp³-hybridized carbons (Fsp3) is 0.974. The Morgan fingerprint density at radius 3 is 2.06 bits per heavy atom. The number of rotatable bonds is 7. The van der Waals surface area contributed by atoms with Crippen LogP contribution in [-0.4, -0.2) is 171 Å². The fourth-order valence-corrected chi connectivity index (χ4v) is 9.17. The van der Waals surface area contributed by atoms with Crippen LogP contribution in [0.2, 0.25) is 0 Å². The van der Waals surface area contributed by atoms with Crippen LogP contribution in [0.25, 0.3) is 0 Å². The summed E-state index contributed by atoms with van der Waals surface area (Å²) in [5, 5.41) is 58.4. The number of carbonyl (C=O) groups excluding carboxylic acids is 1. The standard InChI is InChI=1S/C39H74N2O11.2H2O/c1-15-27-17-29(42)23(4)32(51-30-19-38(9,48-14)34(45)26(7)50-30)24(5)35(52-36-31(43)28(40(11)12)16-22(3)49-36)37(8,46)18-21(2)20-41(13)25(6)33(44)39(27,10)47;;/h21-28,30-36,43-47H,15-20H2,1-14H3;2*1H2/t21-,22?,23+,24-,25-,26?,27+,28?,30?,31?,32-,33-,34?,35-,36?,37-,38?,39-;;/m1../s1. The Balaban J connectivity index is 0.00000729. The summed E-state index contributed by atoms with van der Waals surface area (Å²) in [6.45, 7) is 18.7. The molecule has 0 bridgehead atoms. The van der Waals surface area contributed by atoms with Gasteiger partial charge in [0.2, 0.25) is 0 Å².